The van der Waals surface area contributed by atoms with E-state index in [1.165, 1.54) is 30.6 Å². The summed E-state index contributed by atoms with van der Waals surface area (Å²) < 4.78 is 7.33. The van der Waals surface area contributed by atoms with Crippen LogP contribution in [0.3, 0.4) is 0 Å². The van der Waals surface area contributed by atoms with Gasteiger partial charge in [0.05, 0.1) is 18.5 Å². The topological polar surface area (TPSA) is 87.5 Å². The first-order valence-electron chi connectivity index (χ1n) is 12.5. The summed E-state index contributed by atoms with van der Waals surface area (Å²) in [6, 6.07) is 2.81. The van der Waals surface area contributed by atoms with Crippen LogP contribution in [-0.2, 0) is 0 Å². The molecule has 9 nitrogen and oxygen atoms in total. The zero-order valence-electron chi connectivity index (χ0n) is 20.8. The molecule has 0 spiro atoms. The highest BCUT2D eigenvalue weighted by Crippen LogP contribution is 2.41. The van der Waals surface area contributed by atoms with E-state index in [9.17, 15) is 0 Å². The van der Waals surface area contributed by atoms with Crippen molar-refractivity contribution in [1.82, 2.24) is 34.7 Å². The van der Waals surface area contributed by atoms with Gasteiger partial charge in [-0.1, -0.05) is 31.6 Å². The number of aryl methyl sites for hydroxylation is 1. The number of hydrogen-bond acceptors (Lipinski definition) is 8. The Balaban J connectivity index is 1.32. The fraction of sp³-hybridized carbons (Fsp3) is 0.520. The van der Waals surface area contributed by atoms with Crippen molar-refractivity contribution in [3.05, 3.63) is 29.8 Å². The summed E-state index contributed by atoms with van der Waals surface area (Å²) in [5, 5.41) is 14.6. The fourth-order valence-corrected chi connectivity index (χ4v) is 6.43. The average molecular weight is 493 g/mol. The molecule has 1 saturated heterocycles. The van der Waals surface area contributed by atoms with Crippen LogP contribution in [0.15, 0.2) is 18.6 Å². The van der Waals surface area contributed by atoms with Gasteiger partial charge in [0, 0.05) is 49.5 Å². The minimum Gasteiger partial charge on any atom is -0.493 e. The molecule has 4 aromatic heterocycles. The van der Waals surface area contributed by atoms with Gasteiger partial charge in [0.15, 0.2) is 11.4 Å². The molecule has 0 unspecified atom stereocenters. The molecular weight excluding hydrogens is 460 g/mol. The lowest BCUT2D eigenvalue weighted by Crippen LogP contribution is -2.52. The Morgan fingerprint density at radius 3 is 2.66 bits per heavy atom. The third kappa shape index (κ3) is 3.88. The molecule has 2 aliphatic rings. The highest BCUT2D eigenvalue weighted by atomic mass is 32.1. The maximum atomic E-state index is 5.58. The third-order valence-corrected chi connectivity index (χ3v) is 8.62. The quantitative estimate of drug-likeness (QED) is 0.428. The van der Waals surface area contributed by atoms with Crippen LogP contribution in [-0.4, -0.2) is 74.0 Å². The van der Waals surface area contributed by atoms with Gasteiger partial charge in [-0.05, 0) is 31.7 Å². The van der Waals surface area contributed by atoms with Crippen LogP contribution in [0.4, 0.5) is 5.00 Å². The van der Waals surface area contributed by atoms with E-state index >= 15 is 0 Å². The van der Waals surface area contributed by atoms with Gasteiger partial charge in [-0.3, -0.25) is 10.00 Å². The van der Waals surface area contributed by atoms with Crippen molar-refractivity contribution >= 4 is 22.0 Å². The van der Waals surface area contributed by atoms with Gasteiger partial charge in [-0.25, -0.2) is 14.5 Å². The summed E-state index contributed by atoms with van der Waals surface area (Å²) in [6.07, 6.45) is 7.65. The number of nitrogens with one attached hydrogen (secondary N) is 1. The Bertz CT molecular complexity index is 1340. The lowest BCUT2D eigenvalue weighted by atomic mass is 9.91. The summed E-state index contributed by atoms with van der Waals surface area (Å²) in [5.74, 6) is 0.939. The van der Waals surface area contributed by atoms with Crippen LogP contribution in [0, 0.1) is 6.92 Å². The van der Waals surface area contributed by atoms with E-state index in [1.54, 1.807) is 23.0 Å². The highest BCUT2D eigenvalue weighted by Gasteiger charge is 2.30. The summed E-state index contributed by atoms with van der Waals surface area (Å²) in [7, 11) is 1.65. The molecule has 5 heterocycles. The number of fused-ring (bicyclic) bond motifs is 1. The summed E-state index contributed by atoms with van der Waals surface area (Å²) in [6.45, 7) is 11.0. The number of H-pyrrole nitrogens is 1. The van der Waals surface area contributed by atoms with Gasteiger partial charge in [0.2, 0.25) is 0 Å². The van der Waals surface area contributed by atoms with Crippen LogP contribution in [0.25, 0.3) is 27.6 Å². The molecule has 184 valence electrons. The lowest BCUT2D eigenvalue weighted by Gasteiger charge is -2.43. The van der Waals surface area contributed by atoms with E-state index in [1.807, 2.05) is 12.3 Å². The predicted octanol–water partition coefficient (Wildman–Crippen LogP) is 4.36. The van der Waals surface area contributed by atoms with Crippen molar-refractivity contribution in [1.29, 1.82) is 0 Å². The minimum absolute atomic E-state index is 0.259. The third-order valence-electron chi connectivity index (χ3n) is 7.40. The number of aromatic amines is 1. The molecule has 2 fully saturated rings. The van der Waals surface area contributed by atoms with Crippen molar-refractivity contribution < 1.29 is 4.74 Å². The van der Waals surface area contributed by atoms with E-state index in [0.29, 0.717) is 11.4 Å². The standard InChI is InChI=1S/C25H32N8OS/c1-15(2)20-21(17-12-19(34-4)23-26-14-27-33(23)13-17)29-30-22(20)24-28-16(3)25(35-24)32-10-8-31(9-11-32)18-6-5-7-18/h12-15,18H,5-11H2,1-4H3,(H,29,30). The Morgan fingerprint density at radius 2 is 1.97 bits per heavy atom. The van der Waals surface area contributed by atoms with E-state index in [-0.39, 0.29) is 5.92 Å². The maximum Gasteiger partial charge on any atom is 0.197 e. The van der Waals surface area contributed by atoms with Crippen molar-refractivity contribution in [2.45, 2.75) is 52.0 Å². The SMILES string of the molecule is COc1cc(-c2[nH]nc(-c3nc(C)c(N4CCN(C5CCC5)CC4)s3)c2C(C)C)cn2ncnc12. The van der Waals surface area contributed by atoms with Crippen molar-refractivity contribution in [2.24, 2.45) is 0 Å². The van der Waals surface area contributed by atoms with Gasteiger partial charge in [0.1, 0.15) is 22.0 Å². The Hall–Kier alpha value is -2.98. The first-order chi connectivity index (χ1) is 17.0. The normalized spacial score (nSPS) is 17.5. The molecule has 0 radical (unpaired) electrons. The second-order valence-electron chi connectivity index (χ2n) is 9.86. The zero-order chi connectivity index (χ0) is 24.1. The van der Waals surface area contributed by atoms with E-state index in [4.69, 9.17) is 14.8 Å². The molecule has 35 heavy (non-hydrogen) atoms. The van der Waals surface area contributed by atoms with Gasteiger partial charge in [-0.2, -0.15) is 10.2 Å². The molecule has 0 atom stereocenters. The molecule has 1 aliphatic carbocycles. The van der Waals surface area contributed by atoms with Gasteiger partial charge in [0.25, 0.3) is 0 Å². The lowest BCUT2D eigenvalue weighted by molar-refractivity contribution is 0.120. The van der Waals surface area contributed by atoms with Crippen LogP contribution in [0.2, 0.25) is 0 Å². The van der Waals surface area contributed by atoms with Crippen LogP contribution in [0.5, 0.6) is 5.75 Å². The number of aromatic nitrogens is 6. The number of anilines is 1. The summed E-state index contributed by atoms with van der Waals surface area (Å²) >= 11 is 1.76. The average Bonchev–Trinajstić information content (AvgIpc) is 3.55. The second-order valence-corrected chi connectivity index (χ2v) is 10.8. The zero-order valence-corrected chi connectivity index (χ0v) is 21.6. The second kappa shape index (κ2) is 8.91. The van der Waals surface area contributed by atoms with Crippen molar-refractivity contribution in [3.63, 3.8) is 0 Å². The predicted molar refractivity (Wildman–Crippen MR) is 138 cm³/mol. The molecule has 0 bridgehead atoms. The van der Waals surface area contributed by atoms with E-state index in [0.717, 1.165) is 65.4 Å². The number of ether oxygens (including phenoxy) is 1. The van der Waals surface area contributed by atoms with Crippen molar-refractivity contribution in [3.8, 4) is 27.7 Å². The number of methoxy groups -OCH3 is 1. The molecule has 1 aliphatic heterocycles. The Labute approximate surface area is 209 Å². The number of thiazole rings is 1. The largest absolute Gasteiger partial charge is 0.493 e. The first kappa shape index (κ1) is 22.5. The van der Waals surface area contributed by atoms with Crippen LogP contribution >= 0.6 is 11.3 Å². The summed E-state index contributed by atoms with van der Waals surface area (Å²) in [4.78, 5) is 14.5. The van der Waals surface area contributed by atoms with Crippen LogP contribution in [0.1, 0.15) is 50.3 Å². The number of piperazine rings is 1. The van der Waals surface area contributed by atoms with E-state index in [2.05, 4.69) is 45.8 Å². The minimum atomic E-state index is 0.259. The molecule has 6 rings (SSSR count). The van der Waals surface area contributed by atoms with Crippen LogP contribution < -0.4 is 9.64 Å². The molecule has 0 aromatic carbocycles. The first-order valence-corrected chi connectivity index (χ1v) is 13.3. The van der Waals surface area contributed by atoms with Crippen molar-refractivity contribution in [2.75, 3.05) is 38.2 Å². The molecular formula is C25H32N8OS. The molecule has 10 heteroatoms. The molecule has 1 N–H and O–H groups in total. The van der Waals surface area contributed by atoms with Gasteiger partial charge >= 0.3 is 0 Å². The smallest absolute Gasteiger partial charge is 0.197 e. The van der Waals surface area contributed by atoms with Gasteiger partial charge < -0.3 is 9.64 Å². The number of pyridine rings is 1. The molecule has 4 aromatic rings. The Morgan fingerprint density at radius 1 is 1.17 bits per heavy atom. The summed E-state index contributed by atoms with van der Waals surface area (Å²) in [5.41, 5.74) is 5.80. The fourth-order valence-electron chi connectivity index (χ4n) is 5.30. The molecule has 0 amide bonds. The number of nitrogens with zero attached hydrogens (tertiary/aromatic N) is 7. The van der Waals surface area contributed by atoms with E-state index < -0.39 is 0 Å². The van der Waals surface area contributed by atoms with Gasteiger partial charge in [-0.15, -0.1) is 0 Å². The number of hydrogen-bond donors (Lipinski definition) is 1. The highest BCUT2D eigenvalue weighted by molar-refractivity contribution is 7.19. The number of rotatable bonds is 6. The maximum absolute atomic E-state index is 5.58. The molecule has 1 saturated carbocycles. The Kier molecular flexibility index (Phi) is 5.72. The monoisotopic (exact) mass is 492 g/mol.